The van der Waals surface area contributed by atoms with Crippen molar-refractivity contribution in [3.63, 3.8) is 0 Å². The fourth-order valence-electron chi connectivity index (χ4n) is 1.18. The highest BCUT2D eigenvalue weighted by molar-refractivity contribution is 9.10. The lowest BCUT2D eigenvalue weighted by Crippen LogP contribution is -2.16. The number of aliphatic hydroxyl groups is 1. The Morgan fingerprint density at radius 3 is 2.94 bits per heavy atom. The van der Waals surface area contributed by atoms with Crippen molar-refractivity contribution in [3.8, 4) is 0 Å². The Morgan fingerprint density at radius 2 is 2.33 bits per heavy atom. The molecule has 1 aromatic carbocycles. The maximum Gasteiger partial charge on any atom is 0.234 e. The standard InChI is InChI=1S/C12H15BrClNO2S/c1-8(5-16)6-18-7-12(17)15-11-3-2-9(13)4-10(11)14/h2-4,8,16H,5-7H2,1H3,(H,15,17). The maximum absolute atomic E-state index is 11.7. The minimum Gasteiger partial charge on any atom is -0.396 e. The van der Waals surface area contributed by atoms with Gasteiger partial charge >= 0.3 is 0 Å². The zero-order valence-corrected chi connectivity index (χ0v) is 13.1. The number of benzene rings is 1. The summed E-state index contributed by atoms with van der Waals surface area (Å²) >= 11 is 10.8. The molecule has 0 aliphatic rings. The third kappa shape index (κ3) is 5.61. The van der Waals surface area contributed by atoms with Crippen molar-refractivity contribution in [3.05, 3.63) is 27.7 Å². The summed E-state index contributed by atoms with van der Waals surface area (Å²) in [5.41, 5.74) is 0.612. The molecule has 0 bridgehead atoms. The minimum absolute atomic E-state index is 0.0886. The summed E-state index contributed by atoms with van der Waals surface area (Å²) in [4.78, 5) is 11.7. The number of amides is 1. The van der Waals surface area contributed by atoms with Gasteiger partial charge in [0.2, 0.25) is 5.91 Å². The summed E-state index contributed by atoms with van der Waals surface area (Å²) in [6.07, 6.45) is 0. The predicted octanol–water partition coefficient (Wildman–Crippen LogP) is 3.40. The molecule has 0 aliphatic heterocycles. The molecule has 3 nitrogen and oxygen atoms in total. The number of halogens is 2. The van der Waals surface area contributed by atoms with Gasteiger partial charge in [0.15, 0.2) is 0 Å². The first-order chi connectivity index (χ1) is 8.52. The van der Waals surface area contributed by atoms with Gasteiger partial charge in [0.25, 0.3) is 0 Å². The lowest BCUT2D eigenvalue weighted by Gasteiger charge is -2.09. The van der Waals surface area contributed by atoms with E-state index in [0.717, 1.165) is 10.2 Å². The van der Waals surface area contributed by atoms with E-state index in [1.807, 2.05) is 13.0 Å². The summed E-state index contributed by atoms with van der Waals surface area (Å²) in [7, 11) is 0. The molecule has 0 saturated heterocycles. The fraction of sp³-hybridized carbons (Fsp3) is 0.417. The van der Waals surface area contributed by atoms with Gasteiger partial charge in [-0.2, -0.15) is 11.8 Å². The SMILES string of the molecule is CC(CO)CSCC(=O)Nc1ccc(Br)cc1Cl. The summed E-state index contributed by atoms with van der Waals surface area (Å²) in [5, 5.41) is 12.1. The second kappa shape index (κ2) is 8.04. The first-order valence-electron chi connectivity index (χ1n) is 5.46. The van der Waals surface area contributed by atoms with Gasteiger partial charge in [-0.3, -0.25) is 4.79 Å². The monoisotopic (exact) mass is 351 g/mol. The second-order valence-corrected chi connectivity index (χ2v) is 6.33. The van der Waals surface area contributed by atoms with Crippen molar-refractivity contribution >= 4 is 50.9 Å². The third-order valence-electron chi connectivity index (χ3n) is 2.15. The molecule has 1 aromatic rings. The van der Waals surface area contributed by atoms with E-state index in [9.17, 15) is 4.79 Å². The largest absolute Gasteiger partial charge is 0.396 e. The summed E-state index contributed by atoms with van der Waals surface area (Å²) in [5.74, 6) is 1.24. The number of aliphatic hydroxyl groups excluding tert-OH is 1. The first-order valence-corrected chi connectivity index (χ1v) is 7.79. The van der Waals surface area contributed by atoms with Crippen LogP contribution < -0.4 is 5.32 Å². The van der Waals surface area contributed by atoms with Gasteiger partial charge in [-0.1, -0.05) is 34.5 Å². The van der Waals surface area contributed by atoms with Crippen molar-refractivity contribution in [2.45, 2.75) is 6.92 Å². The van der Waals surface area contributed by atoms with E-state index < -0.39 is 0 Å². The number of carbonyl (C=O) groups is 1. The van der Waals surface area contributed by atoms with E-state index in [2.05, 4.69) is 21.2 Å². The fourth-order valence-corrected chi connectivity index (χ4v) is 2.79. The number of thioether (sulfide) groups is 1. The minimum atomic E-state index is -0.0886. The average molecular weight is 353 g/mol. The molecule has 2 N–H and O–H groups in total. The van der Waals surface area contributed by atoms with Crippen LogP contribution in [0.25, 0.3) is 0 Å². The van der Waals surface area contributed by atoms with Crippen molar-refractivity contribution in [1.82, 2.24) is 0 Å². The molecule has 0 spiro atoms. The number of hydrogen-bond acceptors (Lipinski definition) is 3. The van der Waals surface area contributed by atoms with Crippen LogP contribution in [0.2, 0.25) is 5.02 Å². The van der Waals surface area contributed by atoms with E-state index in [0.29, 0.717) is 16.5 Å². The molecule has 1 rings (SSSR count). The summed E-state index contributed by atoms with van der Waals surface area (Å²) in [6, 6.07) is 5.31. The van der Waals surface area contributed by atoms with Crippen LogP contribution in [-0.2, 0) is 4.79 Å². The second-order valence-electron chi connectivity index (χ2n) is 3.98. The van der Waals surface area contributed by atoms with Gasteiger partial charge in [0.05, 0.1) is 16.5 Å². The molecule has 1 amide bonds. The van der Waals surface area contributed by atoms with E-state index in [-0.39, 0.29) is 18.4 Å². The van der Waals surface area contributed by atoms with Crippen molar-refractivity contribution in [1.29, 1.82) is 0 Å². The Hall–Kier alpha value is -0.230. The molecule has 0 aliphatic carbocycles. The molecule has 1 atom stereocenters. The summed E-state index contributed by atoms with van der Waals surface area (Å²) < 4.78 is 0.872. The van der Waals surface area contributed by atoms with Crippen molar-refractivity contribution in [2.75, 3.05) is 23.4 Å². The molecule has 1 unspecified atom stereocenters. The molecule has 0 heterocycles. The van der Waals surface area contributed by atoms with Crippen LogP contribution in [0.5, 0.6) is 0 Å². The Labute approximate surface area is 124 Å². The lowest BCUT2D eigenvalue weighted by molar-refractivity contribution is -0.113. The smallest absolute Gasteiger partial charge is 0.234 e. The molecule has 0 radical (unpaired) electrons. The van der Waals surface area contributed by atoms with Crippen LogP contribution in [0.15, 0.2) is 22.7 Å². The van der Waals surface area contributed by atoms with Crippen molar-refractivity contribution in [2.24, 2.45) is 5.92 Å². The number of hydrogen-bond donors (Lipinski definition) is 2. The van der Waals surface area contributed by atoms with E-state index in [4.69, 9.17) is 16.7 Å². The van der Waals surface area contributed by atoms with Crippen molar-refractivity contribution < 1.29 is 9.90 Å². The van der Waals surface area contributed by atoms with E-state index in [1.54, 1.807) is 12.1 Å². The molecule has 6 heteroatoms. The van der Waals surface area contributed by atoms with Crippen LogP contribution in [-0.4, -0.2) is 29.1 Å². The molecular weight excluding hydrogens is 338 g/mol. The zero-order chi connectivity index (χ0) is 13.5. The lowest BCUT2D eigenvalue weighted by atomic mass is 10.2. The van der Waals surface area contributed by atoms with Gasteiger partial charge in [-0.05, 0) is 29.9 Å². The number of anilines is 1. The summed E-state index contributed by atoms with van der Waals surface area (Å²) in [6.45, 7) is 2.09. The first kappa shape index (κ1) is 15.8. The Morgan fingerprint density at radius 1 is 1.61 bits per heavy atom. The van der Waals surface area contributed by atoms with Crippen LogP contribution in [0, 0.1) is 5.92 Å². The van der Waals surface area contributed by atoms with Crippen LogP contribution >= 0.6 is 39.3 Å². The highest BCUT2D eigenvalue weighted by atomic mass is 79.9. The third-order valence-corrected chi connectivity index (χ3v) is 4.23. The Kier molecular flexibility index (Phi) is 7.07. The van der Waals surface area contributed by atoms with Crippen LogP contribution in [0.1, 0.15) is 6.92 Å². The maximum atomic E-state index is 11.7. The molecule has 0 aromatic heterocycles. The molecule has 100 valence electrons. The van der Waals surface area contributed by atoms with Gasteiger partial charge in [0.1, 0.15) is 0 Å². The highest BCUT2D eigenvalue weighted by Gasteiger charge is 2.07. The number of nitrogens with one attached hydrogen (secondary N) is 1. The number of carbonyl (C=O) groups excluding carboxylic acids is 1. The average Bonchev–Trinajstić information content (AvgIpc) is 2.32. The van der Waals surface area contributed by atoms with E-state index in [1.165, 1.54) is 11.8 Å². The van der Waals surface area contributed by atoms with E-state index >= 15 is 0 Å². The molecule has 0 fully saturated rings. The number of rotatable bonds is 6. The van der Waals surface area contributed by atoms with Gasteiger partial charge in [0, 0.05) is 11.1 Å². The van der Waals surface area contributed by atoms with Crippen LogP contribution in [0.4, 0.5) is 5.69 Å². The van der Waals surface area contributed by atoms with Gasteiger partial charge in [-0.25, -0.2) is 0 Å². The highest BCUT2D eigenvalue weighted by Crippen LogP contribution is 2.25. The quantitative estimate of drug-likeness (QED) is 0.825. The van der Waals surface area contributed by atoms with Gasteiger partial charge in [-0.15, -0.1) is 0 Å². The topological polar surface area (TPSA) is 49.3 Å². The van der Waals surface area contributed by atoms with Crippen LogP contribution in [0.3, 0.4) is 0 Å². The Balaban J connectivity index is 2.40. The Bertz CT molecular complexity index is 417. The molecule has 18 heavy (non-hydrogen) atoms. The zero-order valence-electron chi connectivity index (χ0n) is 9.95. The normalized spacial score (nSPS) is 12.2. The van der Waals surface area contributed by atoms with Gasteiger partial charge < -0.3 is 10.4 Å². The predicted molar refractivity (Wildman–Crippen MR) is 81.4 cm³/mol. The molecular formula is C12H15BrClNO2S. The molecule has 0 saturated carbocycles.